The van der Waals surface area contributed by atoms with Crippen LogP contribution >= 0.6 is 0 Å². The second-order valence-electron chi connectivity index (χ2n) is 5.80. The number of pyridine rings is 1. The summed E-state index contributed by atoms with van der Waals surface area (Å²) >= 11 is 0. The van der Waals surface area contributed by atoms with Crippen molar-refractivity contribution in [1.29, 1.82) is 0 Å². The second kappa shape index (κ2) is 5.42. The minimum Gasteiger partial charge on any atom is -0.397 e. The first-order chi connectivity index (χ1) is 11.2. The van der Waals surface area contributed by atoms with Crippen molar-refractivity contribution in [2.24, 2.45) is 0 Å². The van der Waals surface area contributed by atoms with Crippen molar-refractivity contribution in [1.82, 2.24) is 15.3 Å². The van der Waals surface area contributed by atoms with E-state index in [0.717, 1.165) is 43.2 Å². The number of aryl methyl sites for hydroxylation is 1. The summed E-state index contributed by atoms with van der Waals surface area (Å²) in [5, 5.41) is 7.90. The number of rotatable bonds is 2. The third kappa shape index (κ3) is 2.44. The third-order valence-electron chi connectivity index (χ3n) is 4.27. The number of piperazine rings is 1. The molecule has 0 bridgehead atoms. The average Bonchev–Trinajstić information content (AvgIpc) is 3.06. The van der Waals surface area contributed by atoms with Gasteiger partial charge in [-0.15, -0.1) is 0 Å². The first-order valence-electron chi connectivity index (χ1n) is 7.66. The number of nitrogens with two attached hydrogens (primary N) is 1. The van der Waals surface area contributed by atoms with Crippen LogP contribution in [0.1, 0.15) is 5.56 Å². The van der Waals surface area contributed by atoms with Gasteiger partial charge < -0.3 is 15.5 Å². The van der Waals surface area contributed by atoms with Crippen molar-refractivity contribution < 1.29 is 4.63 Å². The molecule has 0 amide bonds. The lowest BCUT2D eigenvalue weighted by Gasteiger charge is -2.36. The van der Waals surface area contributed by atoms with Gasteiger partial charge in [-0.1, -0.05) is 0 Å². The molecule has 1 fully saturated rings. The van der Waals surface area contributed by atoms with Gasteiger partial charge in [0.15, 0.2) is 11.0 Å². The maximum Gasteiger partial charge on any atom is 0.160 e. The van der Waals surface area contributed by atoms with Crippen molar-refractivity contribution in [3.63, 3.8) is 0 Å². The van der Waals surface area contributed by atoms with Crippen molar-refractivity contribution in [3.05, 3.63) is 36.0 Å². The molecule has 2 aromatic heterocycles. The van der Waals surface area contributed by atoms with E-state index in [1.54, 1.807) is 0 Å². The number of hydrogen-bond donors (Lipinski definition) is 1. The molecule has 1 aliphatic rings. The first kappa shape index (κ1) is 13.8. The van der Waals surface area contributed by atoms with Crippen LogP contribution < -0.4 is 15.5 Å². The summed E-state index contributed by atoms with van der Waals surface area (Å²) in [5.74, 6) is 1.04. The fraction of sp³-hybridized carbons (Fsp3) is 0.312. The number of nitrogens with zero attached hydrogens (tertiary/aromatic N) is 5. The lowest BCUT2D eigenvalue weighted by atomic mass is 10.2. The van der Waals surface area contributed by atoms with E-state index in [-0.39, 0.29) is 0 Å². The Kier molecular flexibility index (Phi) is 3.25. The Morgan fingerprint density at radius 1 is 1.00 bits per heavy atom. The quantitative estimate of drug-likeness (QED) is 0.723. The molecule has 1 aromatic carbocycles. The Balaban J connectivity index is 1.55. The number of fused-ring (bicyclic) bond motifs is 1. The molecule has 7 nitrogen and oxygen atoms in total. The molecule has 2 N–H and O–H groups in total. The number of anilines is 3. The molecule has 0 atom stereocenters. The largest absolute Gasteiger partial charge is 0.397 e. The van der Waals surface area contributed by atoms with Gasteiger partial charge in [-0.2, -0.15) is 0 Å². The smallest absolute Gasteiger partial charge is 0.160 e. The van der Waals surface area contributed by atoms with Gasteiger partial charge in [-0.3, -0.25) is 0 Å². The summed E-state index contributed by atoms with van der Waals surface area (Å²) in [6, 6.07) is 7.99. The molecule has 0 spiro atoms. The average molecular weight is 310 g/mol. The van der Waals surface area contributed by atoms with Gasteiger partial charge in [-0.05, 0) is 47.1 Å². The maximum absolute atomic E-state index is 5.91. The van der Waals surface area contributed by atoms with Crippen LogP contribution in [0.15, 0.2) is 35.1 Å². The number of benzene rings is 1. The summed E-state index contributed by atoms with van der Waals surface area (Å²) in [6.45, 7) is 5.69. The van der Waals surface area contributed by atoms with Crippen LogP contribution in [0, 0.1) is 6.92 Å². The van der Waals surface area contributed by atoms with Crippen LogP contribution in [0.4, 0.5) is 17.2 Å². The van der Waals surface area contributed by atoms with Crippen LogP contribution in [0.5, 0.6) is 0 Å². The second-order valence-corrected chi connectivity index (χ2v) is 5.80. The van der Waals surface area contributed by atoms with Gasteiger partial charge in [-0.25, -0.2) is 9.61 Å². The van der Waals surface area contributed by atoms with Crippen LogP contribution in [-0.4, -0.2) is 41.5 Å². The Labute approximate surface area is 133 Å². The van der Waals surface area contributed by atoms with Crippen LogP contribution in [0.25, 0.3) is 11.0 Å². The summed E-state index contributed by atoms with van der Waals surface area (Å²) in [7, 11) is 0. The Morgan fingerprint density at radius 2 is 1.74 bits per heavy atom. The van der Waals surface area contributed by atoms with Gasteiger partial charge in [0.2, 0.25) is 0 Å². The normalized spacial score (nSPS) is 15.3. The molecule has 3 aromatic rings. The highest BCUT2D eigenvalue weighted by molar-refractivity contribution is 5.95. The summed E-state index contributed by atoms with van der Waals surface area (Å²) in [4.78, 5) is 9.06. The van der Waals surface area contributed by atoms with E-state index in [9.17, 15) is 0 Å². The van der Waals surface area contributed by atoms with E-state index in [1.807, 2.05) is 24.4 Å². The standard InChI is InChI=1S/C16H18N6O/c1-11-4-5-18-14(10-11)22-8-6-21(7-9-22)13-3-2-12(17)15-16(13)20-23-19-15/h2-5,10H,6-9,17H2,1H3. The van der Waals surface area contributed by atoms with Gasteiger partial charge in [0.05, 0.1) is 11.4 Å². The fourth-order valence-electron chi connectivity index (χ4n) is 3.00. The SMILES string of the molecule is Cc1ccnc(N2CCN(c3ccc(N)c4nonc34)CC2)c1. The predicted octanol–water partition coefficient (Wildman–Crippen LogP) is 1.84. The topological polar surface area (TPSA) is 84.3 Å². The van der Waals surface area contributed by atoms with Gasteiger partial charge >= 0.3 is 0 Å². The number of hydrogen-bond acceptors (Lipinski definition) is 7. The van der Waals surface area contributed by atoms with Crippen molar-refractivity contribution >= 4 is 28.2 Å². The third-order valence-corrected chi connectivity index (χ3v) is 4.27. The molecule has 7 heteroatoms. The summed E-state index contributed by atoms with van der Waals surface area (Å²) in [5.41, 5.74) is 10.1. The fourth-order valence-corrected chi connectivity index (χ4v) is 3.00. The van der Waals surface area contributed by atoms with Gasteiger partial charge in [0.25, 0.3) is 0 Å². The van der Waals surface area contributed by atoms with Crippen molar-refractivity contribution in [2.45, 2.75) is 6.92 Å². The zero-order chi connectivity index (χ0) is 15.8. The van der Waals surface area contributed by atoms with E-state index >= 15 is 0 Å². The number of aromatic nitrogens is 3. The maximum atomic E-state index is 5.91. The molecule has 1 aliphatic heterocycles. The van der Waals surface area contributed by atoms with E-state index in [2.05, 4.69) is 38.1 Å². The highest BCUT2D eigenvalue weighted by Gasteiger charge is 2.21. The molecule has 4 rings (SSSR count). The molecule has 0 unspecified atom stereocenters. The van der Waals surface area contributed by atoms with Crippen molar-refractivity contribution in [3.8, 4) is 0 Å². The lowest BCUT2D eigenvalue weighted by molar-refractivity contribution is 0.315. The molecule has 23 heavy (non-hydrogen) atoms. The van der Waals surface area contributed by atoms with Crippen LogP contribution in [-0.2, 0) is 0 Å². The predicted molar refractivity (Wildman–Crippen MR) is 89.6 cm³/mol. The van der Waals surface area contributed by atoms with Crippen molar-refractivity contribution in [2.75, 3.05) is 41.7 Å². The van der Waals surface area contributed by atoms with Gasteiger partial charge in [0.1, 0.15) is 5.82 Å². The zero-order valence-corrected chi connectivity index (χ0v) is 12.9. The van der Waals surface area contributed by atoms with E-state index < -0.39 is 0 Å². The molecule has 118 valence electrons. The van der Waals surface area contributed by atoms with E-state index in [4.69, 9.17) is 10.4 Å². The number of nitrogen functional groups attached to an aromatic ring is 1. The molecule has 3 heterocycles. The minimum atomic E-state index is 0.590. The summed E-state index contributed by atoms with van der Waals surface area (Å²) < 4.78 is 4.85. The van der Waals surface area contributed by atoms with E-state index in [1.165, 1.54) is 5.56 Å². The minimum absolute atomic E-state index is 0.590. The first-order valence-corrected chi connectivity index (χ1v) is 7.66. The highest BCUT2D eigenvalue weighted by Crippen LogP contribution is 2.29. The Morgan fingerprint density at radius 3 is 2.52 bits per heavy atom. The van der Waals surface area contributed by atoms with Gasteiger partial charge in [0, 0.05) is 32.4 Å². The Hall–Kier alpha value is -2.83. The Bertz CT molecular complexity index is 837. The molecular weight excluding hydrogens is 292 g/mol. The molecule has 0 aliphatic carbocycles. The summed E-state index contributed by atoms with van der Waals surface area (Å²) in [6.07, 6.45) is 1.86. The monoisotopic (exact) mass is 310 g/mol. The van der Waals surface area contributed by atoms with Crippen LogP contribution in [0.2, 0.25) is 0 Å². The highest BCUT2D eigenvalue weighted by atomic mass is 16.6. The molecule has 1 saturated heterocycles. The van der Waals surface area contributed by atoms with Crippen LogP contribution in [0.3, 0.4) is 0 Å². The van der Waals surface area contributed by atoms with E-state index in [0.29, 0.717) is 11.2 Å². The molecular formula is C16H18N6O. The molecule has 0 radical (unpaired) electrons. The lowest BCUT2D eigenvalue weighted by Crippen LogP contribution is -2.47. The zero-order valence-electron chi connectivity index (χ0n) is 12.9. The molecule has 0 saturated carbocycles.